The van der Waals surface area contributed by atoms with Gasteiger partial charge >= 0.3 is 0 Å². The molecule has 0 radical (unpaired) electrons. The van der Waals surface area contributed by atoms with E-state index in [9.17, 15) is 4.21 Å². The molecule has 5 heteroatoms. The number of hydrogen-bond acceptors (Lipinski definition) is 2. The Morgan fingerprint density at radius 3 is 2.92 bits per heavy atom. The maximum atomic E-state index is 10.8. The van der Waals surface area contributed by atoms with Crippen LogP contribution in [0.5, 0.6) is 0 Å². The van der Waals surface area contributed by atoms with Gasteiger partial charge in [0, 0.05) is 20.5 Å². The summed E-state index contributed by atoms with van der Waals surface area (Å²) in [6.45, 7) is 0. The van der Waals surface area contributed by atoms with E-state index in [0.717, 1.165) is 10.1 Å². The van der Waals surface area contributed by atoms with Gasteiger partial charge in [0.25, 0.3) is 0 Å². The minimum atomic E-state index is -1.91. The molecule has 2 nitrogen and oxygen atoms in total. The van der Waals surface area contributed by atoms with Crippen LogP contribution in [0.1, 0.15) is 0 Å². The SMILES string of the molecule is O=S(O)c1csc2cc(Cl)ccc12. The van der Waals surface area contributed by atoms with Crippen LogP contribution >= 0.6 is 22.9 Å². The van der Waals surface area contributed by atoms with Gasteiger partial charge < -0.3 is 4.55 Å². The number of halogens is 1. The van der Waals surface area contributed by atoms with Crippen LogP contribution < -0.4 is 0 Å². The maximum absolute atomic E-state index is 10.8. The van der Waals surface area contributed by atoms with Crippen LogP contribution in [0.3, 0.4) is 0 Å². The van der Waals surface area contributed by atoms with Crippen LogP contribution in [0.15, 0.2) is 28.5 Å². The van der Waals surface area contributed by atoms with E-state index in [1.54, 1.807) is 23.6 Å². The highest BCUT2D eigenvalue weighted by atomic mass is 35.5. The Labute approximate surface area is 86.4 Å². The summed E-state index contributed by atoms with van der Waals surface area (Å²) < 4.78 is 20.7. The van der Waals surface area contributed by atoms with Crippen molar-refractivity contribution in [2.75, 3.05) is 0 Å². The van der Waals surface area contributed by atoms with Gasteiger partial charge in [-0.15, -0.1) is 11.3 Å². The fraction of sp³-hybridized carbons (Fsp3) is 0. The molecular weight excluding hydrogens is 228 g/mol. The molecule has 2 aromatic rings. The summed E-state index contributed by atoms with van der Waals surface area (Å²) in [5.74, 6) is 0. The van der Waals surface area contributed by atoms with E-state index < -0.39 is 11.1 Å². The van der Waals surface area contributed by atoms with Crippen LogP contribution in [-0.4, -0.2) is 8.76 Å². The molecule has 0 aliphatic carbocycles. The summed E-state index contributed by atoms with van der Waals surface area (Å²) in [6, 6.07) is 5.27. The molecule has 0 aliphatic heterocycles. The summed E-state index contributed by atoms with van der Waals surface area (Å²) in [5, 5.41) is 3.12. The fourth-order valence-corrected chi connectivity index (χ4v) is 3.12. The fourth-order valence-electron chi connectivity index (χ4n) is 1.11. The quantitative estimate of drug-likeness (QED) is 0.767. The lowest BCUT2D eigenvalue weighted by Crippen LogP contribution is -1.84. The Hall–Kier alpha value is -0.420. The topological polar surface area (TPSA) is 37.3 Å². The standard InChI is InChI=1S/C8H5ClO2S2/c9-5-1-2-6-7(3-5)12-4-8(6)13(10)11/h1-4H,(H,10,11). The highest BCUT2D eigenvalue weighted by Crippen LogP contribution is 2.29. The largest absolute Gasteiger partial charge is 0.302 e. The number of hydrogen-bond donors (Lipinski definition) is 1. The summed E-state index contributed by atoms with van der Waals surface area (Å²) in [6.07, 6.45) is 0. The van der Waals surface area contributed by atoms with Crippen molar-refractivity contribution in [3.63, 3.8) is 0 Å². The summed E-state index contributed by atoms with van der Waals surface area (Å²) in [7, 11) is 0. The highest BCUT2D eigenvalue weighted by molar-refractivity contribution is 7.79. The van der Waals surface area contributed by atoms with Crippen molar-refractivity contribution < 1.29 is 8.76 Å². The molecule has 0 fully saturated rings. The Morgan fingerprint density at radius 1 is 1.46 bits per heavy atom. The lowest BCUT2D eigenvalue weighted by molar-refractivity contribution is 0.565. The summed E-state index contributed by atoms with van der Waals surface area (Å²) in [5.41, 5.74) is 0. The molecule has 1 N–H and O–H groups in total. The monoisotopic (exact) mass is 232 g/mol. The zero-order valence-electron chi connectivity index (χ0n) is 6.36. The predicted octanol–water partition coefficient (Wildman–Crippen LogP) is 3.14. The molecule has 0 saturated carbocycles. The third kappa shape index (κ3) is 1.62. The van der Waals surface area contributed by atoms with Gasteiger partial charge in [0.15, 0.2) is 11.1 Å². The average Bonchev–Trinajstić information content (AvgIpc) is 2.46. The van der Waals surface area contributed by atoms with Gasteiger partial charge in [0.1, 0.15) is 0 Å². The molecule has 0 bridgehead atoms. The van der Waals surface area contributed by atoms with E-state index in [1.165, 1.54) is 11.3 Å². The van der Waals surface area contributed by atoms with Crippen LogP contribution in [-0.2, 0) is 11.1 Å². The van der Waals surface area contributed by atoms with E-state index in [4.69, 9.17) is 16.2 Å². The number of benzene rings is 1. The number of rotatable bonds is 1. The van der Waals surface area contributed by atoms with Gasteiger partial charge in [-0.2, -0.15) is 0 Å². The minimum Gasteiger partial charge on any atom is -0.302 e. The zero-order chi connectivity index (χ0) is 9.42. The first kappa shape index (κ1) is 9.15. The van der Waals surface area contributed by atoms with Crippen molar-refractivity contribution in [1.82, 2.24) is 0 Å². The second kappa shape index (κ2) is 3.38. The Kier molecular flexibility index (Phi) is 2.38. The molecule has 0 aliphatic rings. The van der Waals surface area contributed by atoms with Crippen LogP contribution in [0.2, 0.25) is 5.02 Å². The second-order valence-electron chi connectivity index (χ2n) is 2.49. The third-order valence-electron chi connectivity index (χ3n) is 1.69. The first-order chi connectivity index (χ1) is 6.18. The van der Waals surface area contributed by atoms with E-state index in [2.05, 4.69) is 0 Å². The molecular formula is C8H5ClO2S2. The van der Waals surface area contributed by atoms with Crippen molar-refractivity contribution >= 4 is 44.1 Å². The molecule has 1 unspecified atom stereocenters. The molecule has 1 aromatic carbocycles. The van der Waals surface area contributed by atoms with Gasteiger partial charge in [0.05, 0.1) is 4.90 Å². The van der Waals surface area contributed by atoms with Crippen molar-refractivity contribution in [2.24, 2.45) is 0 Å². The first-order valence-corrected chi connectivity index (χ1v) is 5.82. The van der Waals surface area contributed by atoms with Gasteiger partial charge in [0.2, 0.25) is 0 Å². The molecule has 0 amide bonds. The molecule has 0 spiro atoms. The van der Waals surface area contributed by atoms with Crippen LogP contribution in [0, 0.1) is 0 Å². The average molecular weight is 233 g/mol. The van der Waals surface area contributed by atoms with Crippen molar-refractivity contribution in [3.05, 3.63) is 28.6 Å². The molecule has 1 atom stereocenters. The molecule has 68 valence electrons. The van der Waals surface area contributed by atoms with Gasteiger partial charge in [-0.1, -0.05) is 17.7 Å². The van der Waals surface area contributed by atoms with Crippen molar-refractivity contribution in [3.8, 4) is 0 Å². The lowest BCUT2D eigenvalue weighted by atomic mass is 10.3. The summed E-state index contributed by atoms with van der Waals surface area (Å²) in [4.78, 5) is 0.455. The van der Waals surface area contributed by atoms with Crippen molar-refractivity contribution in [1.29, 1.82) is 0 Å². The van der Waals surface area contributed by atoms with E-state index in [0.29, 0.717) is 9.92 Å². The first-order valence-electron chi connectivity index (χ1n) is 3.46. The smallest absolute Gasteiger partial charge is 0.188 e. The zero-order valence-corrected chi connectivity index (χ0v) is 8.75. The maximum Gasteiger partial charge on any atom is 0.188 e. The lowest BCUT2D eigenvalue weighted by Gasteiger charge is -1.92. The number of fused-ring (bicyclic) bond motifs is 1. The summed E-state index contributed by atoms with van der Waals surface area (Å²) >= 11 is 5.28. The molecule has 1 aromatic heterocycles. The van der Waals surface area contributed by atoms with E-state index >= 15 is 0 Å². The second-order valence-corrected chi connectivity index (χ2v) is 4.78. The predicted molar refractivity (Wildman–Crippen MR) is 55.9 cm³/mol. The van der Waals surface area contributed by atoms with E-state index in [1.807, 2.05) is 0 Å². The van der Waals surface area contributed by atoms with Gasteiger partial charge in [-0.3, -0.25) is 0 Å². The Bertz CT molecular complexity index is 478. The van der Waals surface area contributed by atoms with Gasteiger partial charge in [-0.25, -0.2) is 4.21 Å². The van der Waals surface area contributed by atoms with E-state index in [-0.39, 0.29) is 0 Å². The third-order valence-corrected chi connectivity index (χ3v) is 3.73. The highest BCUT2D eigenvalue weighted by Gasteiger charge is 2.08. The van der Waals surface area contributed by atoms with Crippen LogP contribution in [0.4, 0.5) is 0 Å². The number of thiophene rings is 1. The Morgan fingerprint density at radius 2 is 2.23 bits per heavy atom. The molecule has 13 heavy (non-hydrogen) atoms. The normalized spacial score (nSPS) is 13.4. The van der Waals surface area contributed by atoms with Crippen LogP contribution in [0.25, 0.3) is 10.1 Å². The van der Waals surface area contributed by atoms with Crippen molar-refractivity contribution in [2.45, 2.75) is 4.90 Å². The molecule has 2 rings (SSSR count). The molecule has 1 heterocycles. The Balaban J connectivity index is 2.76. The van der Waals surface area contributed by atoms with Gasteiger partial charge in [-0.05, 0) is 12.1 Å². The minimum absolute atomic E-state index is 0.455. The molecule has 0 saturated heterocycles.